The van der Waals surface area contributed by atoms with Crippen molar-refractivity contribution in [3.8, 4) is 6.07 Å². The fourth-order valence-corrected chi connectivity index (χ4v) is 4.25. The minimum atomic E-state index is -0.415. The van der Waals surface area contributed by atoms with Crippen molar-refractivity contribution >= 4 is 44.4 Å². The lowest BCUT2D eigenvalue weighted by atomic mass is 9.93. The molecule has 0 spiro atoms. The van der Waals surface area contributed by atoms with E-state index in [1.807, 2.05) is 66.7 Å². The lowest BCUT2D eigenvalue weighted by molar-refractivity contribution is -0.112. The Morgan fingerprint density at radius 1 is 0.939 bits per heavy atom. The average Bonchev–Trinajstić information content (AvgIpc) is 2.85. The van der Waals surface area contributed by atoms with Crippen molar-refractivity contribution in [2.45, 2.75) is 19.8 Å². The summed E-state index contributed by atoms with van der Waals surface area (Å²) in [6.07, 6.45) is 3.32. The van der Waals surface area contributed by atoms with Gasteiger partial charge < -0.3 is 5.32 Å². The van der Waals surface area contributed by atoms with Gasteiger partial charge in [-0.15, -0.1) is 0 Å². The largest absolute Gasteiger partial charge is 0.321 e. The molecule has 0 radical (unpaired) electrons. The first-order chi connectivity index (χ1) is 16.1. The van der Waals surface area contributed by atoms with Crippen LogP contribution in [0.1, 0.15) is 29.2 Å². The molecule has 0 heterocycles. The Bertz CT molecular complexity index is 1380. The fraction of sp³-hybridized carbons (Fsp3) is 0.103. The molecule has 0 aliphatic heterocycles. The second-order valence-corrected chi connectivity index (χ2v) is 8.66. The highest BCUT2D eigenvalue weighted by molar-refractivity contribution is 9.10. The molecule has 0 atom stereocenters. The molecule has 0 bridgehead atoms. The van der Waals surface area contributed by atoms with E-state index in [9.17, 15) is 10.1 Å². The molecule has 0 aromatic heterocycles. The summed E-state index contributed by atoms with van der Waals surface area (Å²) in [5.41, 5.74) is 5.01. The molecule has 33 heavy (non-hydrogen) atoms. The molecular formula is C29H23BrN2O. The Labute approximate surface area is 202 Å². The number of rotatable bonds is 6. The van der Waals surface area contributed by atoms with Crippen LogP contribution < -0.4 is 5.32 Å². The number of anilines is 1. The SMILES string of the molecule is CCc1ccc(NC(=O)/C(C#N)=C/c2c(Cc3ccccc3Br)ccc3ccccc23)cc1. The minimum Gasteiger partial charge on any atom is -0.321 e. The van der Waals surface area contributed by atoms with Gasteiger partial charge in [0.05, 0.1) is 0 Å². The summed E-state index contributed by atoms with van der Waals surface area (Å²) in [7, 11) is 0. The van der Waals surface area contributed by atoms with Crippen LogP contribution in [0.2, 0.25) is 0 Å². The van der Waals surface area contributed by atoms with Crippen molar-refractivity contribution < 1.29 is 4.79 Å². The van der Waals surface area contributed by atoms with Crippen LogP contribution in [0.4, 0.5) is 5.69 Å². The Kier molecular flexibility index (Phi) is 7.02. The van der Waals surface area contributed by atoms with Gasteiger partial charge in [-0.1, -0.05) is 89.6 Å². The summed E-state index contributed by atoms with van der Waals surface area (Å²) < 4.78 is 1.03. The molecule has 0 saturated carbocycles. The van der Waals surface area contributed by atoms with Crippen LogP contribution in [0.3, 0.4) is 0 Å². The third-order valence-corrected chi connectivity index (χ3v) is 6.45. The van der Waals surface area contributed by atoms with Crippen LogP contribution in [0.25, 0.3) is 16.8 Å². The van der Waals surface area contributed by atoms with Gasteiger partial charge in [0.15, 0.2) is 0 Å². The molecule has 4 aromatic carbocycles. The molecule has 0 aliphatic rings. The van der Waals surface area contributed by atoms with E-state index in [1.54, 1.807) is 6.08 Å². The van der Waals surface area contributed by atoms with Gasteiger partial charge in [0, 0.05) is 10.2 Å². The Morgan fingerprint density at radius 3 is 2.39 bits per heavy atom. The van der Waals surface area contributed by atoms with Crippen LogP contribution in [-0.2, 0) is 17.6 Å². The lowest BCUT2D eigenvalue weighted by Crippen LogP contribution is -2.13. The van der Waals surface area contributed by atoms with Crippen LogP contribution in [0, 0.1) is 11.3 Å². The molecule has 0 saturated heterocycles. The molecule has 3 nitrogen and oxygen atoms in total. The topological polar surface area (TPSA) is 52.9 Å². The number of fused-ring (bicyclic) bond motifs is 1. The maximum atomic E-state index is 13.0. The summed E-state index contributed by atoms with van der Waals surface area (Å²) in [4.78, 5) is 13.0. The van der Waals surface area contributed by atoms with E-state index in [0.29, 0.717) is 12.1 Å². The Hall–Kier alpha value is -3.68. The van der Waals surface area contributed by atoms with Gasteiger partial charge in [0.2, 0.25) is 0 Å². The predicted octanol–water partition coefficient (Wildman–Crippen LogP) is 7.30. The summed E-state index contributed by atoms with van der Waals surface area (Å²) in [5.74, 6) is -0.415. The molecule has 0 aliphatic carbocycles. The third kappa shape index (κ3) is 5.22. The van der Waals surface area contributed by atoms with E-state index in [4.69, 9.17) is 0 Å². The number of carbonyl (C=O) groups is 1. The number of benzene rings is 4. The number of nitrogens with one attached hydrogen (secondary N) is 1. The molecule has 4 rings (SSSR count). The van der Waals surface area contributed by atoms with Gasteiger partial charge in [-0.3, -0.25) is 4.79 Å². The van der Waals surface area contributed by atoms with Gasteiger partial charge in [0.25, 0.3) is 5.91 Å². The summed E-state index contributed by atoms with van der Waals surface area (Å²) in [6.45, 7) is 2.08. The molecule has 1 N–H and O–H groups in total. The number of halogens is 1. The van der Waals surface area contributed by atoms with E-state index in [2.05, 4.69) is 52.4 Å². The van der Waals surface area contributed by atoms with Crippen molar-refractivity contribution in [1.82, 2.24) is 0 Å². The molecule has 1 amide bonds. The standard InChI is InChI=1S/C29H23BrN2O/c1-2-20-11-15-25(16-12-20)32-29(33)24(19-31)18-27-22(17-23-8-4-6-10-28(23)30)14-13-21-7-3-5-9-26(21)27/h3-16,18H,2,17H2,1H3,(H,32,33)/b24-18+. The molecule has 0 fully saturated rings. The van der Waals surface area contributed by atoms with Crippen LogP contribution in [0.15, 0.2) is 95.0 Å². The summed E-state index contributed by atoms with van der Waals surface area (Å²) in [6, 6.07) is 30.1. The Balaban J connectivity index is 1.74. The van der Waals surface area contributed by atoms with Gasteiger partial charge in [-0.05, 0) is 70.1 Å². The van der Waals surface area contributed by atoms with E-state index in [0.717, 1.165) is 38.4 Å². The highest BCUT2D eigenvalue weighted by Crippen LogP contribution is 2.29. The van der Waals surface area contributed by atoms with E-state index in [-0.39, 0.29) is 5.57 Å². The van der Waals surface area contributed by atoms with Crippen molar-refractivity contribution in [3.63, 3.8) is 0 Å². The second-order valence-electron chi connectivity index (χ2n) is 7.80. The Morgan fingerprint density at radius 2 is 1.67 bits per heavy atom. The quantitative estimate of drug-likeness (QED) is 0.225. The monoisotopic (exact) mass is 494 g/mol. The fourth-order valence-electron chi connectivity index (χ4n) is 3.83. The zero-order valence-corrected chi connectivity index (χ0v) is 19.9. The molecular weight excluding hydrogens is 472 g/mol. The summed E-state index contributed by atoms with van der Waals surface area (Å²) >= 11 is 3.63. The van der Waals surface area contributed by atoms with Gasteiger partial charge in [-0.2, -0.15) is 5.26 Å². The molecule has 4 aromatic rings. The van der Waals surface area contributed by atoms with Gasteiger partial charge in [0.1, 0.15) is 11.6 Å². The first kappa shape index (κ1) is 22.5. The normalized spacial score (nSPS) is 11.2. The first-order valence-corrected chi connectivity index (χ1v) is 11.6. The molecule has 162 valence electrons. The molecule has 4 heteroatoms. The zero-order chi connectivity index (χ0) is 23.2. The third-order valence-electron chi connectivity index (χ3n) is 5.67. The highest BCUT2D eigenvalue weighted by Gasteiger charge is 2.14. The average molecular weight is 495 g/mol. The number of hydrogen-bond donors (Lipinski definition) is 1. The number of amides is 1. The van der Waals surface area contributed by atoms with Crippen molar-refractivity contribution in [2.24, 2.45) is 0 Å². The van der Waals surface area contributed by atoms with Gasteiger partial charge in [-0.25, -0.2) is 0 Å². The maximum Gasteiger partial charge on any atom is 0.266 e. The number of carbonyl (C=O) groups excluding carboxylic acids is 1. The smallest absolute Gasteiger partial charge is 0.266 e. The van der Waals surface area contributed by atoms with Crippen molar-refractivity contribution in [3.05, 3.63) is 117 Å². The maximum absolute atomic E-state index is 13.0. The summed E-state index contributed by atoms with van der Waals surface area (Å²) in [5, 5.41) is 14.8. The van der Waals surface area contributed by atoms with Crippen molar-refractivity contribution in [2.75, 3.05) is 5.32 Å². The van der Waals surface area contributed by atoms with E-state index >= 15 is 0 Å². The van der Waals surface area contributed by atoms with Crippen LogP contribution in [0.5, 0.6) is 0 Å². The van der Waals surface area contributed by atoms with Gasteiger partial charge >= 0.3 is 0 Å². The number of nitriles is 1. The van der Waals surface area contributed by atoms with Crippen LogP contribution >= 0.6 is 15.9 Å². The molecule has 0 unspecified atom stereocenters. The predicted molar refractivity (Wildman–Crippen MR) is 139 cm³/mol. The second kappa shape index (κ2) is 10.3. The van der Waals surface area contributed by atoms with E-state index in [1.165, 1.54) is 5.56 Å². The highest BCUT2D eigenvalue weighted by atomic mass is 79.9. The number of aryl methyl sites for hydroxylation is 1. The van der Waals surface area contributed by atoms with Crippen molar-refractivity contribution in [1.29, 1.82) is 5.26 Å². The minimum absolute atomic E-state index is 0.0688. The first-order valence-electron chi connectivity index (χ1n) is 10.8. The van der Waals surface area contributed by atoms with E-state index < -0.39 is 5.91 Å². The lowest BCUT2D eigenvalue weighted by Gasteiger charge is -2.12. The number of nitrogens with zero attached hydrogens (tertiary/aromatic N) is 1. The zero-order valence-electron chi connectivity index (χ0n) is 18.3. The number of hydrogen-bond acceptors (Lipinski definition) is 2. The van der Waals surface area contributed by atoms with Crippen LogP contribution in [-0.4, -0.2) is 5.91 Å².